The van der Waals surface area contributed by atoms with Gasteiger partial charge in [0.25, 0.3) is 0 Å². The van der Waals surface area contributed by atoms with E-state index >= 15 is 0 Å². The lowest BCUT2D eigenvalue weighted by Crippen LogP contribution is -2.16. The zero-order valence-electron chi connectivity index (χ0n) is 14.7. The van der Waals surface area contributed by atoms with E-state index in [1.807, 2.05) is 13.0 Å². The Morgan fingerprint density at radius 1 is 1.09 bits per heavy atom. The van der Waals surface area contributed by atoms with Gasteiger partial charge in [-0.2, -0.15) is 0 Å². The van der Waals surface area contributed by atoms with E-state index in [-0.39, 0.29) is 6.10 Å². The van der Waals surface area contributed by atoms with Crippen molar-refractivity contribution in [3.8, 4) is 11.5 Å². The van der Waals surface area contributed by atoms with Crippen LogP contribution in [0.25, 0.3) is 0 Å². The molecule has 0 aliphatic rings. The molecule has 1 aromatic carbocycles. The summed E-state index contributed by atoms with van der Waals surface area (Å²) in [6.07, 6.45) is 11.7. The minimum absolute atomic E-state index is 0.231. The van der Waals surface area contributed by atoms with Crippen LogP contribution in [-0.4, -0.2) is 12.7 Å². The van der Waals surface area contributed by atoms with Crippen LogP contribution in [0.15, 0.2) is 30.4 Å². The Labute approximate surface area is 136 Å². The van der Waals surface area contributed by atoms with Crippen molar-refractivity contribution in [2.45, 2.75) is 72.3 Å². The summed E-state index contributed by atoms with van der Waals surface area (Å²) in [5, 5.41) is 0. The molecule has 0 N–H and O–H groups in total. The van der Waals surface area contributed by atoms with Gasteiger partial charge in [0.1, 0.15) is 6.10 Å². The van der Waals surface area contributed by atoms with Crippen LogP contribution in [0.5, 0.6) is 11.5 Å². The first-order valence-electron chi connectivity index (χ1n) is 8.72. The quantitative estimate of drug-likeness (QED) is 0.364. The summed E-state index contributed by atoms with van der Waals surface area (Å²) in [6, 6.07) is 6.18. The number of hydrogen-bond acceptors (Lipinski definition) is 2. The Morgan fingerprint density at radius 2 is 1.91 bits per heavy atom. The van der Waals surface area contributed by atoms with Crippen LogP contribution in [0.3, 0.4) is 0 Å². The molecule has 0 saturated heterocycles. The number of benzene rings is 1. The molecule has 1 unspecified atom stereocenters. The molecule has 1 aromatic rings. The number of hydrogen-bond donors (Lipinski definition) is 0. The van der Waals surface area contributed by atoms with Crippen molar-refractivity contribution in [2.24, 2.45) is 0 Å². The third-order valence-corrected chi connectivity index (χ3v) is 3.71. The average molecular weight is 304 g/mol. The fourth-order valence-corrected chi connectivity index (χ4v) is 2.47. The van der Waals surface area contributed by atoms with Gasteiger partial charge in [-0.1, -0.05) is 44.4 Å². The lowest BCUT2D eigenvalue weighted by Gasteiger charge is -2.20. The van der Waals surface area contributed by atoms with Crippen molar-refractivity contribution < 1.29 is 9.47 Å². The first kappa shape index (κ1) is 18.6. The predicted molar refractivity (Wildman–Crippen MR) is 95.0 cm³/mol. The highest BCUT2D eigenvalue weighted by Crippen LogP contribution is 2.30. The number of unbranched alkanes of at least 4 members (excludes halogenated alkanes) is 3. The van der Waals surface area contributed by atoms with Gasteiger partial charge >= 0.3 is 0 Å². The van der Waals surface area contributed by atoms with Gasteiger partial charge in [-0.25, -0.2) is 0 Å². The largest absolute Gasteiger partial charge is 0.490 e. The Bertz CT molecular complexity index is 437. The number of ether oxygens (including phenoxy) is 2. The van der Waals surface area contributed by atoms with Crippen molar-refractivity contribution >= 4 is 0 Å². The smallest absolute Gasteiger partial charge is 0.161 e. The molecule has 0 heterocycles. The van der Waals surface area contributed by atoms with Crippen molar-refractivity contribution in [1.82, 2.24) is 0 Å². The zero-order chi connectivity index (χ0) is 16.2. The summed E-state index contributed by atoms with van der Waals surface area (Å²) in [5.74, 6) is 1.74. The highest BCUT2D eigenvalue weighted by molar-refractivity contribution is 5.42. The molecule has 0 spiro atoms. The zero-order valence-corrected chi connectivity index (χ0v) is 14.7. The maximum absolute atomic E-state index is 6.26. The maximum Gasteiger partial charge on any atom is 0.161 e. The Balaban J connectivity index is 2.70. The summed E-state index contributed by atoms with van der Waals surface area (Å²) in [5.41, 5.74) is 1.20. The molecule has 0 aliphatic heterocycles. The number of rotatable bonds is 11. The van der Waals surface area contributed by atoms with Gasteiger partial charge in [0, 0.05) is 6.42 Å². The Kier molecular flexibility index (Phi) is 9.45. The van der Waals surface area contributed by atoms with Gasteiger partial charge < -0.3 is 9.47 Å². The number of allylic oxidation sites excluding steroid dienone is 1. The highest BCUT2D eigenvalue weighted by Gasteiger charge is 2.13. The normalized spacial score (nSPS) is 12.5. The van der Waals surface area contributed by atoms with E-state index in [0.717, 1.165) is 24.3 Å². The second-order valence-electron chi connectivity index (χ2n) is 5.78. The van der Waals surface area contributed by atoms with Crippen LogP contribution in [0, 0.1) is 6.92 Å². The lowest BCUT2D eigenvalue weighted by molar-refractivity contribution is 0.179. The van der Waals surface area contributed by atoms with Gasteiger partial charge in [0.15, 0.2) is 11.5 Å². The minimum Gasteiger partial charge on any atom is -0.490 e. The maximum atomic E-state index is 6.26. The van der Waals surface area contributed by atoms with E-state index in [1.165, 1.54) is 31.2 Å². The van der Waals surface area contributed by atoms with Crippen LogP contribution in [-0.2, 0) is 0 Å². The molecule has 2 nitrogen and oxygen atoms in total. The Hall–Kier alpha value is -1.44. The lowest BCUT2D eigenvalue weighted by atomic mass is 10.1. The molecule has 0 saturated carbocycles. The molecule has 124 valence electrons. The second-order valence-corrected chi connectivity index (χ2v) is 5.78. The standard InChI is InChI=1S/C20H32O2/c1-5-8-10-11-13-18(12-9-6-2)22-19-15-14-17(4)16-20(19)21-7-3/h6,9,14-16,18H,5,7-8,10-13H2,1-4H3. The van der Waals surface area contributed by atoms with Gasteiger partial charge in [0.2, 0.25) is 0 Å². The van der Waals surface area contributed by atoms with Crippen LogP contribution in [0.1, 0.15) is 64.9 Å². The summed E-state index contributed by atoms with van der Waals surface area (Å²) < 4.78 is 12.0. The van der Waals surface area contributed by atoms with Crippen molar-refractivity contribution in [3.05, 3.63) is 35.9 Å². The van der Waals surface area contributed by atoms with Gasteiger partial charge in [-0.3, -0.25) is 0 Å². The molecule has 0 aromatic heterocycles. The van der Waals surface area contributed by atoms with Crippen LogP contribution in [0.2, 0.25) is 0 Å². The molecule has 0 amide bonds. The van der Waals surface area contributed by atoms with Gasteiger partial charge in [-0.15, -0.1) is 0 Å². The SMILES string of the molecule is CC=CCC(CCCCCC)Oc1ccc(C)cc1OCC. The molecule has 0 aliphatic carbocycles. The first-order chi connectivity index (χ1) is 10.7. The van der Waals surface area contributed by atoms with E-state index in [4.69, 9.17) is 9.47 Å². The van der Waals surface area contributed by atoms with E-state index in [0.29, 0.717) is 6.61 Å². The van der Waals surface area contributed by atoms with E-state index in [1.54, 1.807) is 0 Å². The topological polar surface area (TPSA) is 18.5 Å². The summed E-state index contributed by atoms with van der Waals surface area (Å²) in [6.45, 7) is 9.05. The van der Waals surface area contributed by atoms with E-state index < -0.39 is 0 Å². The van der Waals surface area contributed by atoms with Crippen molar-refractivity contribution in [3.63, 3.8) is 0 Å². The summed E-state index contributed by atoms with van der Waals surface area (Å²) in [4.78, 5) is 0. The third kappa shape index (κ3) is 7.02. The molecule has 1 rings (SSSR count). The van der Waals surface area contributed by atoms with E-state index in [2.05, 4.69) is 45.1 Å². The van der Waals surface area contributed by atoms with Crippen LogP contribution in [0.4, 0.5) is 0 Å². The van der Waals surface area contributed by atoms with Crippen LogP contribution < -0.4 is 9.47 Å². The number of aryl methyl sites for hydroxylation is 1. The molecule has 0 fully saturated rings. The molecule has 2 heteroatoms. The van der Waals surface area contributed by atoms with E-state index in [9.17, 15) is 0 Å². The average Bonchev–Trinajstić information content (AvgIpc) is 2.51. The van der Waals surface area contributed by atoms with Crippen molar-refractivity contribution in [1.29, 1.82) is 0 Å². The molecule has 0 bridgehead atoms. The van der Waals surface area contributed by atoms with Crippen molar-refractivity contribution in [2.75, 3.05) is 6.61 Å². The fourth-order valence-electron chi connectivity index (χ4n) is 2.47. The van der Waals surface area contributed by atoms with Gasteiger partial charge in [-0.05, 0) is 51.3 Å². The summed E-state index contributed by atoms with van der Waals surface area (Å²) >= 11 is 0. The van der Waals surface area contributed by atoms with Crippen LogP contribution >= 0.6 is 0 Å². The molecule has 0 radical (unpaired) electrons. The molecular weight excluding hydrogens is 272 g/mol. The predicted octanol–water partition coefficient (Wildman–Crippen LogP) is 6.08. The third-order valence-electron chi connectivity index (χ3n) is 3.71. The Morgan fingerprint density at radius 3 is 2.59 bits per heavy atom. The minimum atomic E-state index is 0.231. The summed E-state index contributed by atoms with van der Waals surface area (Å²) in [7, 11) is 0. The highest BCUT2D eigenvalue weighted by atomic mass is 16.5. The second kappa shape index (κ2) is 11.2. The first-order valence-corrected chi connectivity index (χ1v) is 8.72. The molecule has 1 atom stereocenters. The van der Waals surface area contributed by atoms with Gasteiger partial charge in [0.05, 0.1) is 6.61 Å². The molecular formula is C20H32O2. The molecule has 22 heavy (non-hydrogen) atoms. The monoisotopic (exact) mass is 304 g/mol. The fraction of sp³-hybridized carbons (Fsp3) is 0.600.